The van der Waals surface area contributed by atoms with E-state index in [9.17, 15) is 10.1 Å². The number of pyridine rings is 1. The van der Waals surface area contributed by atoms with Crippen molar-refractivity contribution in [3.8, 4) is 6.07 Å². The van der Waals surface area contributed by atoms with Gasteiger partial charge in [-0.1, -0.05) is 11.6 Å². The van der Waals surface area contributed by atoms with E-state index in [4.69, 9.17) is 16.3 Å². The lowest BCUT2D eigenvalue weighted by Gasteiger charge is -2.38. The van der Waals surface area contributed by atoms with Gasteiger partial charge in [-0.05, 0) is 45.2 Å². The first-order valence-electron chi connectivity index (χ1n) is 7.27. The van der Waals surface area contributed by atoms with Gasteiger partial charge in [-0.2, -0.15) is 5.26 Å². The van der Waals surface area contributed by atoms with Crippen LogP contribution in [0.4, 0.5) is 4.79 Å². The molecule has 2 rings (SSSR count). The highest BCUT2D eigenvalue weighted by Gasteiger charge is 2.40. The third kappa shape index (κ3) is 3.50. The molecule has 0 atom stereocenters. The lowest BCUT2D eigenvalue weighted by atomic mass is 9.74. The summed E-state index contributed by atoms with van der Waals surface area (Å²) in [5, 5.41) is 10.2. The van der Waals surface area contributed by atoms with E-state index in [0.717, 1.165) is 5.56 Å². The molecule has 1 aliphatic heterocycles. The molecule has 0 aliphatic carbocycles. The molecule has 1 fully saturated rings. The predicted molar refractivity (Wildman–Crippen MR) is 83.6 cm³/mol. The Morgan fingerprint density at radius 3 is 2.59 bits per heavy atom. The standard InChI is InChI=1S/C16H20ClN3O2/c1-15(2,3)22-14(21)20-8-5-16(11-18,6-9-20)12-4-7-19-10-13(12)17/h4,7,10H,5-6,8-9H2,1-3H3. The van der Waals surface area contributed by atoms with Crippen molar-refractivity contribution in [2.45, 2.75) is 44.6 Å². The monoisotopic (exact) mass is 321 g/mol. The summed E-state index contributed by atoms with van der Waals surface area (Å²) in [4.78, 5) is 17.7. The van der Waals surface area contributed by atoms with Crippen molar-refractivity contribution >= 4 is 17.7 Å². The molecule has 6 heteroatoms. The molecule has 22 heavy (non-hydrogen) atoms. The van der Waals surface area contributed by atoms with E-state index in [-0.39, 0.29) is 6.09 Å². The summed E-state index contributed by atoms with van der Waals surface area (Å²) >= 11 is 6.19. The highest BCUT2D eigenvalue weighted by Crippen LogP contribution is 2.38. The van der Waals surface area contributed by atoms with E-state index in [1.807, 2.05) is 20.8 Å². The Hall–Kier alpha value is -1.80. The van der Waals surface area contributed by atoms with Gasteiger partial charge >= 0.3 is 6.09 Å². The van der Waals surface area contributed by atoms with Crippen LogP contribution >= 0.6 is 11.6 Å². The third-order valence-electron chi connectivity index (χ3n) is 3.77. The molecule has 1 aromatic heterocycles. The number of aromatic nitrogens is 1. The average molecular weight is 322 g/mol. The van der Waals surface area contributed by atoms with Gasteiger partial charge in [0, 0.05) is 25.5 Å². The molecule has 118 valence electrons. The van der Waals surface area contributed by atoms with E-state index in [1.54, 1.807) is 23.4 Å². The predicted octanol–water partition coefficient (Wildman–Crippen LogP) is 3.53. The number of halogens is 1. The van der Waals surface area contributed by atoms with Crippen LogP contribution in [0, 0.1) is 11.3 Å². The number of nitriles is 1. The molecule has 0 unspecified atom stereocenters. The van der Waals surface area contributed by atoms with Gasteiger partial charge in [0.15, 0.2) is 0 Å². The maximum atomic E-state index is 12.1. The smallest absolute Gasteiger partial charge is 0.410 e. The molecule has 5 nitrogen and oxygen atoms in total. The summed E-state index contributed by atoms with van der Waals surface area (Å²) in [7, 11) is 0. The number of hydrogen-bond donors (Lipinski definition) is 0. The second-order valence-corrected chi connectivity index (χ2v) is 6.92. The maximum absolute atomic E-state index is 12.1. The van der Waals surface area contributed by atoms with Crippen LogP contribution in [0.2, 0.25) is 5.02 Å². The third-order valence-corrected chi connectivity index (χ3v) is 4.07. The van der Waals surface area contributed by atoms with Gasteiger partial charge in [0.05, 0.1) is 16.5 Å². The first kappa shape index (κ1) is 16.6. The first-order valence-corrected chi connectivity index (χ1v) is 7.64. The Balaban J connectivity index is 2.11. The summed E-state index contributed by atoms with van der Waals surface area (Å²) in [5.74, 6) is 0. The number of carbonyl (C=O) groups excluding carboxylic acids is 1. The van der Waals surface area contributed by atoms with Gasteiger partial charge in [0.25, 0.3) is 0 Å². The van der Waals surface area contributed by atoms with Crippen LogP contribution in [-0.2, 0) is 10.2 Å². The topological polar surface area (TPSA) is 66.2 Å². The summed E-state index contributed by atoms with van der Waals surface area (Å²) in [6.07, 6.45) is 3.93. The molecular formula is C16H20ClN3O2. The number of ether oxygens (including phenoxy) is 1. The normalized spacial score (nSPS) is 17.7. The van der Waals surface area contributed by atoms with Gasteiger partial charge in [-0.25, -0.2) is 4.79 Å². The van der Waals surface area contributed by atoms with Crippen molar-refractivity contribution in [1.82, 2.24) is 9.88 Å². The van der Waals surface area contributed by atoms with Crippen LogP contribution in [0.3, 0.4) is 0 Å². The number of piperidine rings is 1. The van der Waals surface area contributed by atoms with Crippen molar-refractivity contribution in [1.29, 1.82) is 5.26 Å². The fraction of sp³-hybridized carbons (Fsp3) is 0.562. The van der Waals surface area contributed by atoms with Crippen molar-refractivity contribution in [2.24, 2.45) is 0 Å². The molecule has 0 saturated carbocycles. The van der Waals surface area contributed by atoms with E-state index in [1.165, 1.54) is 0 Å². The van der Waals surface area contributed by atoms with Crippen LogP contribution in [0.5, 0.6) is 0 Å². The molecule has 0 aromatic carbocycles. The number of rotatable bonds is 1. The molecule has 0 spiro atoms. The molecule has 0 bridgehead atoms. The molecule has 0 N–H and O–H groups in total. The minimum Gasteiger partial charge on any atom is -0.444 e. The highest BCUT2D eigenvalue weighted by molar-refractivity contribution is 6.31. The number of hydrogen-bond acceptors (Lipinski definition) is 4. The average Bonchev–Trinajstić information content (AvgIpc) is 2.46. The quantitative estimate of drug-likeness (QED) is 0.793. The first-order chi connectivity index (χ1) is 10.3. The maximum Gasteiger partial charge on any atom is 0.410 e. The second-order valence-electron chi connectivity index (χ2n) is 6.52. The molecule has 1 saturated heterocycles. The van der Waals surface area contributed by atoms with E-state index >= 15 is 0 Å². The Kier molecular flexibility index (Phi) is 4.62. The number of nitrogens with zero attached hydrogens (tertiary/aromatic N) is 3. The van der Waals surface area contributed by atoms with Crippen LogP contribution in [0.1, 0.15) is 39.2 Å². The van der Waals surface area contributed by atoms with E-state index < -0.39 is 11.0 Å². The Morgan fingerprint density at radius 1 is 1.45 bits per heavy atom. The zero-order valence-corrected chi connectivity index (χ0v) is 13.9. The molecule has 1 amide bonds. The fourth-order valence-electron chi connectivity index (χ4n) is 2.60. The largest absolute Gasteiger partial charge is 0.444 e. The molecule has 1 aliphatic rings. The summed E-state index contributed by atoms with van der Waals surface area (Å²) in [6.45, 7) is 6.46. The Bertz CT molecular complexity index is 596. The number of amides is 1. The van der Waals surface area contributed by atoms with Gasteiger partial charge in [-0.3, -0.25) is 4.98 Å². The van der Waals surface area contributed by atoms with Crippen molar-refractivity contribution in [3.05, 3.63) is 29.0 Å². The SMILES string of the molecule is CC(C)(C)OC(=O)N1CCC(C#N)(c2ccncc2Cl)CC1. The van der Waals surface area contributed by atoms with Gasteiger partial charge in [0.1, 0.15) is 5.60 Å². The van der Waals surface area contributed by atoms with Crippen LogP contribution in [0.15, 0.2) is 18.5 Å². The fourth-order valence-corrected chi connectivity index (χ4v) is 2.90. The van der Waals surface area contributed by atoms with Crippen molar-refractivity contribution < 1.29 is 9.53 Å². The van der Waals surface area contributed by atoms with E-state index in [0.29, 0.717) is 31.0 Å². The van der Waals surface area contributed by atoms with Crippen LogP contribution < -0.4 is 0 Å². The zero-order valence-electron chi connectivity index (χ0n) is 13.1. The summed E-state index contributed by atoms with van der Waals surface area (Å²) in [5.41, 5.74) is -0.399. The molecule has 1 aromatic rings. The van der Waals surface area contributed by atoms with Gasteiger partial charge in [0.2, 0.25) is 0 Å². The van der Waals surface area contributed by atoms with Crippen molar-refractivity contribution in [3.63, 3.8) is 0 Å². The molecular weight excluding hydrogens is 302 g/mol. The zero-order chi connectivity index (χ0) is 16.4. The molecule has 0 radical (unpaired) electrons. The lowest BCUT2D eigenvalue weighted by Crippen LogP contribution is -2.46. The molecule has 2 heterocycles. The van der Waals surface area contributed by atoms with E-state index in [2.05, 4.69) is 11.1 Å². The Morgan fingerprint density at radius 2 is 2.09 bits per heavy atom. The minimum atomic E-state index is -0.668. The Labute approximate surface area is 135 Å². The van der Waals surface area contributed by atoms with Gasteiger partial charge in [-0.15, -0.1) is 0 Å². The van der Waals surface area contributed by atoms with Crippen LogP contribution in [-0.4, -0.2) is 34.7 Å². The number of carbonyl (C=O) groups is 1. The highest BCUT2D eigenvalue weighted by atomic mass is 35.5. The minimum absolute atomic E-state index is 0.333. The number of likely N-dealkylation sites (tertiary alicyclic amines) is 1. The lowest BCUT2D eigenvalue weighted by molar-refractivity contribution is 0.0185. The summed E-state index contributed by atoms with van der Waals surface area (Å²) in [6, 6.07) is 4.18. The summed E-state index contributed by atoms with van der Waals surface area (Å²) < 4.78 is 5.38. The second kappa shape index (κ2) is 6.13. The van der Waals surface area contributed by atoms with Crippen molar-refractivity contribution in [2.75, 3.05) is 13.1 Å². The van der Waals surface area contributed by atoms with Gasteiger partial charge < -0.3 is 9.64 Å². The van der Waals surface area contributed by atoms with Crippen LogP contribution in [0.25, 0.3) is 0 Å².